The van der Waals surface area contributed by atoms with Crippen LogP contribution in [0.25, 0.3) is 0 Å². The van der Waals surface area contributed by atoms with Gasteiger partial charge in [-0.3, -0.25) is 14.5 Å². The number of carbonyl (C=O) groups is 1. The molecule has 2 heterocycles. The Bertz CT molecular complexity index is 582. The van der Waals surface area contributed by atoms with E-state index < -0.39 is 0 Å². The Hall–Kier alpha value is -1.43. The molecule has 2 aliphatic heterocycles. The minimum atomic E-state index is 0.149. The van der Waals surface area contributed by atoms with E-state index in [4.69, 9.17) is 4.84 Å². The van der Waals surface area contributed by atoms with Crippen LogP contribution in [0.2, 0.25) is 0 Å². The predicted octanol–water partition coefficient (Wildman–Crippen LogP) is 2.99. The SMILES string of the molecule is CC(C)Cc1ccc(CN2CCC[C@@H](NC(=O)CCN3CCCO3)C2)cc1. The number of nitrogens with one attached hydrogen (secondary N) is 1. The molecule has 5 nitrogen and oxygen atoms in total. The Balaban J connectivity index is 1.41. The van der Waals surface area contributed by atoms with Gasteiger partial charge in [0.1, 0.15) is 0 Å². The lowest BCUT2D eigenvalue weighted by molar-refractivity contribution is -0.131. The van der Waals surface area contributed by atoms with E-state index in [0.717, 1.165) is 58.5 Å². The number of carbonyl (C=O) groups excluding carboxylic acids is 1. The number of piperidine rings is 1. The number of hydroxylamine groups is 2. The first kappa shape index (κ1) is 20.3. The fraction of sp³-hybridized carbons (Fsp3) is 0.682. The standard InChI is InChI=1S/C22H35N3O2/c1-18(2)15-19-6-8-20(9-7-19)16-24-11-3-5-21(17-24)23-22(26)10-13-25-12-4-14-27-25/h6-9,18,21H,3-5,10-17H2,1-2H3,(H,23,26)/t21-/m1/s1. The highest BCUT2D eigenvalue weighted by molar-refractivity contribution is 5.76. The van der Waals surface area contributed by atoms with E-state index in [9.17, 15) is 4.79 Å². The Morgan fingerprint density at radius 1 is 1.19 bits per heavy atom. The second-order valence-corrected chi connectivity index (χ2v) is 8.42. The van der Waals surface area contributed by atoms with Gasteiger partial charge in [0, 0.05) is 38.6 Å². The third-order valence-electron chi connectivity index (χ3n) is 5.36. The Morgan fingerprint density at radius 3 is 2.67 bits per heavy atom. The Labute approximate surface area is 164 Å². The third-order valence-corrected chi connectivity index (χ3v) is 5.36. The van der Waals surface area contributed by atoms with Gasteiger partial charge in [-0.15, -0.1) is 0 Å². The van der Waals surface area contributed by atoms with E-state index in [1.54, 1.807) is 0 Å². The zero-order valence-corrected chi connectivity index (χ0v) is 17.0. The van der Waals surface area contributed by atoms with Gasteiger partial charge < -0.3 is 5.32 Å². The topological polar surface area (TPSA) is 44.8 Å². The summed E-state index contributed by atoms with van der Waals surface area (Å²) in [6, 6.07) is 9.31. The number of likely N-dealkylation sites (tertiary alicyclic amines) is 1. The molecule has 1 aromatic carbocycles. The van der Waals surface area contributed by atoms with E-state index in [2.05, 4.69) is 48.3 Å². The van der Waals surface area contributed by atoms with Crippen LogP contribution in [0.1, 0.15) is 50.7 Å². The molecule has 150 valence electrons. The first-order valence-corrected chi connectivity index (χ1v) is 10.6. The lowest BCUT2D eigenvalue weighted by Gasteiger charge is -2.33. The quantitative estimate of drug-likeness (QED) is 0.761. The Kier molecular flexibility index (Phi) is 7.68. The van der Waals surface area contributed by atoms with Gasteiger partial charge in [0.05, 0.1) is 6.61 Å². The maximum absolute atomic E-state index is 12.2. The minimum absolute atomic E-state index is 0.149. The Morgan fingerprint density at radius 2 is 1.96 bits per heavy atom. The maximum atomic E-state index is 12.2. The minimum Gasteiger partial charge on any atom is -0.352 e. The largest absolute Gasteiger partial charge is 0.352 e. The highest BCUT2D eigenvalue weighted by Gasteiger charge is 2.22. The lowest BCUT2D eigenvalue weighted by Crippen LogP contribution is -2.47. The maximum Gasteiger partial charge on any atom is 0.221 e. The highest BCUT2D eigenvalue weighted by atomic mass is 16.7. The zero-order valence-electron chi connectivity index (χ0n) is 17.0. The normalized spacial score (nSPS) is 21.7. The first-order chi connectivity index (χ1) is 13.1. The van der Waals surface area contributed by atoms with Crippen molar-refractivity contribution < 1.29 is 9.63 Å². The second kappa shape index (κ2) is 10.2. The number of hydrogen-bond acceptors (Lipinski definition) is 4. The van der Waals surface area contributed by atoms with Crippen LogP contribution in [0.3, 0.4) is 0 Å². The molecule has 0 aliphatic carbocycles. The summed E-state index contributed by atoms with van der Waals surface area (Å²) in [6.45, 7) is 9.98. The second-order valence-electron chi connectivity index (χ2n) is 8.42. The molecule has 5 heteroatoms. The summed E-state index contributed by atoms with van der Waals surface area (Å²) in [6.07, 6.45) is 4.95. The van der Waals surface area contributed by atoms with Crippen molar-refractivity contribution in [2.45, 2.75) is 58.5 Å². The summed E-state index contributed by atoms with van der Waals surface area (Å²) < 4.78 is 0. The predicted molar refractivity (Wildman–Crippen MR) is 108 cm³/mol. The summed E-state index contributed by atoms with van der Waals surface area (Å²) in [7, 11) is 0. The molecule has 0 bridgehead atoms. The molecule has 2 fully saturated rings. The van der Waals surface area contributed by atoms with E-state index in [1.165, 1.54) is 11.1 Å². The van der Waals surface area contributed by atoms with Gasteiger partial charge in [-0.25, -0.2) is 0 Å². The van der Waals surface area contributed by atoms with E-state index in [0.29, 0.717) is 18.9 Å². The zero-order chi connectivity index (χ0) is 19.1. The highest BCUT2D eigenvalue weighted by Crippen LogP contribution is 2.16. The van der Waals surface area contributed by atoms with Crippen LogP contribution in [-0.2, 0) is 22.6 Å². The lowest BCUT2D eigenvalue weighted by atomic mass is 10.0. The fourth-order valence-corrected chi connectivity index (χ4v) is 4.03. The molecule has 0 unspecified atom stereocenters. The van der Waals surface area contributed by atoms with Gasteiger partial charge in [-0.1, -0.05) is 38.1 Å². The molecule has 0 aromatic heterocycles. The van der Waals surface area contributed by atoms with Gasteiger partial charge >= 0.3 is 0 Å². The van der Waals surface area contributed by atoms with Crippen molar-refractivity contribution in [3.63, 3.8) is 0 Å². The van der Waals surface area contributed by atoms with Crippen molar-refractivity contribution in [3.05, 3.63) is 35.4 Å². The number of nitrogens with zero attached hydrogens (tertiary/aromatic N) is 2. The molecule has 1 atom stereocenters. The number of hydrogen-bond donors (Lipinski definition) is 1. The van der Waals surface area contributed by atoms with E-state index >= 15 is 0 Å². The molecule has 3 rings (SSSR count). The molecular formula is C22H35N3O2. The summed E-state index contributed by atoms with van der Waals surface area (Å²) in [4.78, 5) is 20.2. The summed E-state index contributed by atoms with van der Waals surface area (Å²) in [5, 5.41) is 5.14. The first-order valence-electron chi connectivity index (χ1n) is 10.6. The fourth-order valence-electron chi connectivity index (χ4n) is 4.03. The summed E-state index contributed by atoms with van der Waals surface area (Å²) >= 11 is 0. The number of benzene rings is 1. The van der Waals surface area contributed by atoms with Gasteiger partial charge in [0.25, 0.3) is 0 Å². The monoisotopic (exact) mass is 373 g/mol. The van der Waals surface area contributed by atoms with Crippen molar-refractivity contribution in [1.82, 2.24) is 15.3 Å². The van der Waals surface area contributed by atoms with Crippen LogP contribution in [-0.4, -0.2) is 54.7 Å². The smallest absolute Gasteiger partial charge is 0.221 e. The van der Waals surface area contributed by atoms with Gasteiger partial charge in [-0.2, -0.15) is 5.06 Å². The van der Waals surface area contributed by atoms with Crippen molar-refractivity contribution in [1.29, 1.82) is 0 Å². The van der Waals surface area contributed by atoms with E-state index in [1.807, 2.05) is 5.06 Å². The van der Waals surface area contributed by atoms with Crippen LogP contribution in [0.5, 0.6) is 0 Å². The molecule has 1 N–H and O–H groups in total. The van der Waals surface area contributed by atoms with Crippen LogP contribution in [0, 0.1) is 5.92 Å². The van der Waals surface area contributed by atoms with Crippen LogP contribution in [0.15, 0.2) is 24.3 Å². The van der Waals surface area contributed by atoms with Crippen LogP contribution < -0.4 is 5.32 Å². The molecule has 0 spiro atoms. The molecule has 0 radical (unpaired) electrons. The average Bonchev–Trinajstić information content (AvgIpc) is 3.15. The summed E-state index contributed by atoms with van der Waals surface area (Å²) in [5.74, 6) is 0.842. The molecule has 1 amide bonds. The molecule has 27 heavy (non-hydrogen) atoms. The van der Waals surface area contributed by atoms with Crippen molar-refractivity contribution in [3.8, 4) is 0 Å². The number of rotatable bonds is 8. The van der Waals surface area contributed by atoms with Gasteiger partial charge in [-0.05, 0) is 49.3 Å². The van der Waals surface area contributed by atoms with Crippen molar-refractivity contribution in [2.75, 3.05) is 32.8 Å². The van der Waals surface area contributed by atoms with Crippen molar-refractivity contribution >= 4 is 5.91 Å². The average molecular weight is 374 g/mol. The van der Waals surface area contributed by atoms with Crippen molar-refractivity contribution in [2.24, 2.45) is 5.92 Å². The molecule has 2 aliphatic rings. The summed E-state index contributed by atoms with van der Waals surface area (Å²) in [5.41, 5.74) is 2.78. The van der Waals surface area contributed by atoms with Crippen LogP contribution >= 0.6 is 0 Å². The van der Waals surface area contributed by atoms with Crippen LogP contribution in [0.4, 0.5) is 0 Å². The van der Waals surface area contributed by atoms with Gasteiger partial charge in [0.2, 0.25) is 5.91 Å². The third kappa shape index (κ3) is 6.91. The van der Waals surface area contributed by atoms with E-state index in [-0.39, 0.29) is 11.9 Å². The number of amides is 1. The molecule has 2 saturated heterocycles. The molecular weight excluding hydrogens is 338 g/mol. The molecule has 1 aromatic rings. The molecule has 0 saturated carbocycles. The van der Waals surface area contributed by atoms with Gasteiger partial charge in [0.15, 0.2) is 0 Å².